The maximum atomic E-state index is 13.4. The number of hydrogen-bond acceptors (Lipinski definition) is 5. The van der Waals surface area contributed by atoms with E-state index >= 15 is 0 Å². The van der Waals surface area contributed by atoms with Crippen molar-refractivity contribution < 1.29 is 19.8 Å². The lowest BCUT2D eigenvalue weighted by atomic mass is 9.92. The van der Waals surface area contributed by atoms with E-state index < -0.39 is 24.2 Å². The fourth-order valence-corrected chi connectivity index (χ4v) is 5.24. The molecular weight excluding hydrogens is 490 g/mol. The van der Waals surface area contributed by atoms with Gasteiger partial charge >= 0.3 is 0 Å². The second-order valence-electron chi connectivity index (χ2n) is 10.1. The van der Waals surface area contributed by atoms with Crippen LogP contribution < -0.4 is 5.32 Å². The number of aromatic amines is 1. The minimum absolute atomic E-state index is 0.223. The number of fused-ring (bicyclic) bond motifs is 1. The van der Waals surface area contributed by atoms with Crippen molar-refractivity contribution in [3.63, 3.8) is 0 Å². The predicted molar refractivity (Wildman–Crippen MR) is 153 cm³/mol. The van der Waals surface area contributed by atoms with Crippen LogP contribution in [0, 0.1) is 5.92 Å². The summed E-state index contributed by atoms with van der Waals surface area (Å²) in [6.45, 7) is 2.15. The van der Waals surface area contributed by atoms with Gasteiger partial charge in [-0.25, -0.2) is 0 Å². The molecule has 1 fully saturated rings. The number of hydrogen-bond donors (Lipinski definition) is 4. The summed E-state index contributed by atoms with van der Waals surface area (Å²) in [6, 6.07) is 25.5. The van der Waals surface area contributed by atoms with Crippen molar-refractivity contribution in [1.29, 1.82) is 0 Å². The van der Waals surface area contributed by atoms with Gasteiger partial charge in [0.05, 0.1) is 19.3 Å². The Balaban J connectivity index is 1.25. The number of amides is 1. The van der Waals surface area contributed by atoms with Crippen LogP contribution in [-0.2, 0) is 22.6 Å². The molecule has 0 radical (unpaired) electrons. The van der Waals surface area contributed by atoms with Crippen molar-refractivity contribution in [2.24, 2.45) is 5.92 Å². The lowest BCUT2D eigenvalue weighted by Crippen LogP contribution is -2.48. The summed E-state index contributed by atoms with van der Waals surface area (Å²) in [6.07, 6.45) is 5.26. The van der Waals surface area contributed by atoms with Crippen molar-refractivity contribution >= 4 is 29.0 Å². The van der Waals surface area contributed by atoms with E-state index in [0.29, 0.717) is 19.5 Å². The van der Waals surface area contributed by atoms with Crippen LogP contribution in [0.4, 0.5) is 0 Å². The van der Waals surface area contributed by atoms with Crippen LogP contribution in [0.15, 0.2) is 85.1 Å². The number of benzene rings is 3. The highest BCUT2D eigenvalue weighted by Gasteiger charge is 2.48. The number of para-hydroxylation sites is 1. The van der Waals surface area contributed by atoms with Gasteiger partial charge in [-0.15, -0.1) is 0 Å². The second-order valence-corrected chi connectivity index (χ2v) is 10.1. The number of nitrogens with one attached hydrogen (secondary N) is 2. The molecule has 2 heterocycles. The molecule has 0 aliphatic carbocycles. The van der Waals surface area contributed by atoms with Crippen molar-refractivity contribution in [1.82, 2.24) is 15.4 Å². The molecule has 0 spiro atoms. The molecule has 1 aliphatic rings. The molecule has 1 aromatic heterocycles. The highest BCUT2D eigenvalue weighted by atomic mass is 16.7. The summed E-state index contributed by atoms with van der Waals surface area (Å²) in [5.74, 6) is -0.773. The fourth-order valence-electron chi connectivity index (χ4n) is 5.24. The van der Waals surface area contributed by atoms with E-state index in [1.165, 1.54) is 0 Å². The van der Waals surface area contributed by atoms with Gasteiger partial charge in [0.15, 0.2) is 0 Å². The summed E-state index contributed by atoms with van der Waals surface area (Å²) in [5, 5.41) is 26.3. The standard InChI is InChI=1S/C32H35N3O4/c1-22(37)31-28(21-36)30(32(38)33-18-17-26-19-34-29-10-6-5-9-27(26)29)35(39-31)20-25-15-13-24(14-16-25)12-11-23-7-3-2-4-8-23/h2-16,19,22,28,30-31,34,36-37H,17-18,20-21H2,1H3,(H,33,38)/t22-,28+,30?,31+/m0/s1. The number of nitrogens with zero attached hydrogens (tertiary/aromatic N) is 1. The van der Waals surface area contributed by atoms with E-state index in [1.807, 2.05) is 66.9 Å². The predicted octanol–water partition coefficient (Wildman–Crippen LogP) is 4.17. The maximum Gasteiger partial charge on any atom is 0.240 e. The number of carbonyl (C=O) groups excluding carboxylic acids is 1. The third-order valence-corrected chi connectivity index (χ3v) is 7.30. The number of hydroxylamine groups is 2. The first-order chi connectivity index (χ1) is 19.0. The topological polar surface area (TPSA) is 97.8 Å². The van der Waals surface area contributed by atoms with Gasteiger partial charge in [-0.05, 0) is 41.7 Å². The van der Waals surface area contributed by atoms with Gasteiger partial charge in [-0.3, -0.25) is 9.63 Å². The van der Waals surface area contributed by atoms with Crippen LogP contribution in [0.1, 0.15) is 29.2 Å². The lowest BCUT2D eigenvalue weighted by Gasteiger charge is -2.24. The average molecular weight is 526 g/mol. The van der Waals surface area contributed by atoms with E-state index in [0.717, 1.165) is 33.2 Å². The first-order valence-corrected chi connectivity index (χ1v) is 13.4. The Morgan fingerprint density at radius 1 is 1.03 bits per heavy atom. The molecular formula is C32H35N3O4. The monoisotopic (exact) mass is 525 g/mol. The Kier molecular flexibility index (Phi) is 8.54. The zero-order chi connectivity index (χ0) is 27.2. The Morgan fingerprint density at radius 3 is 2.44 bits per heavy atom. The molecule has 1 saturated heterocycles. The van der Waals surface area contributed by atoms with E-state index in [2.05, 4.69) is 40.7 Å². The SMILES string of the molecule is C[C@H](O)[C@H]1ON(Cc2ccc(C=Cc3ccccc3)cc2)C(C(=O)NCCc2c[nH]c3ccccc23)[C@H]1CO. The van der Waals surface area contributed by atoms with Crippen LogP contribution in [0.5, 0.6) is 0 Å². The summed E-state index contributed by atoms with van der Waals surface area (Å²) < 4.78 is 0. The number of rotatable bonds is 10. The van der Waals surface area contributed by atoms with Gasteiger partial charge in [0, 0.05) is 29.6 Å². The smallest absolute Gasteiger partial charge is 0.240 e. The Labute approximate surface area is 228 Å². The maximum absolute atomic E-state index is 13.4. The number of aliphatic hydroxyl groups excluding tert-OH is 2. The molecule has 4 N–H and O–H groups in total. The van der Waals surface area contributed by atoms with Crippen molar-refractivity contribution in [2.75, 3.05) is 13.2 Å². The molecule has 5 rings (SSSR count). The quantitative estimate of drug-likeness (QED) is 0.233. The molecule has 4 aromatic rings. The van der Waals surface area contributed by atoms with Gasteiger partial charge in [-0.2, -0.15) is 5.06 Å². The molecule has 39 heavy (non-hydrogen) atoms. The van der Waals surface area contributed by atoms with E-state index in [9.17, 15) is 15.0 Å². The average Bonchev–Trinajstić information content (AvgIpc) is 3.54. The normalized spacial score (nSPS) is 20.5. The number of aliphatic hydroxyl groups is 2. The fraction of sp³-hybridized carbons (Fsp3) is 0.281. The molecule has 1 aliphatic heterocycles. The molecule has 1 unspecified atom stereocenters. The Morgan fingerprint density at radius 2 is 1.72 bits per heavy atom. The van der Waals surface area contributed by atoms with Gasteiger partial charge in [0.2, 0.25) is 5.91 Å². The Hall–Kier alpha value is -3.75. The summed E-state index contributed by atoms with van der Waals surface area (Å²) >= 11 is 0. The second kappa shape index (κ2) is 12.4. The van der Waals surface area contributed by atoms with Crippen LogP contribution in [0.2, 0.25) is 0 Å². The number of carbonyl (C=O) groups is 1. The number of aromatic nitrogens is 1. The van der Waals surface area contributed by atoms with Gasteiger partial charge in [0.25, 0.3) is 0 Å². The minimum atomic E-state index is -0.834. The lowest BCUT2D eigenvalue weighted by molar-refractivity contribution is -0.192. The Bertz CT molecular complexity index is 1400. The third-order valence-electron chi connectivity index (χ3n) is 7.30. The summed E-state index contributed by atoms with van der Waals surface area (Å²) in [5.41, 5.74) is 5.35. The van der Waals surface area contributed by atoms with Crippen LogP contribution in [0.25, 0.3) is 23.1 Å². The van der Waals surface area contributed by atoms with Crippen molar-refractivity contribution in [3.05, 3.63) is 107 Å². The first-order valence-electron chi connectivity index (χ1n) is 13.4. The van der Waals surface area contributed by atoms with Crippen molar-refractivity contribution in [2.45, 2.75) is 38.1 Å². The number of H-pyrrole nitrogens is 1. The van der Waals surface area contributed by atoms with Gasteiger partial charge < -0.3 is 20.5 Å². The minimum Gasteiger partial charge on any atom is -0.396 e. The van der Waals surface area contributed by atoms with E-state index in [1.54, 1.807) is 12.0 Å². The molecule has 7 heteroatoms. The molecule has 1 amide bonds. The summed E-state index contributed by atoms with van der Waals surface area (Å²) in [4.78, 5) is 22.7. The van der Waals surface area contributed by atoms with Gasteiger partial charge in [-0.1, -0.05) is 84.9 Å². The molecule has 3 aromatic carbocycles. The highest BCUT2D eigenvalue weighted by Crippen LogP contribution is 2.31. The van der Waals surface area contributed by atoms with E-state index in [4.69, 9.17) is 4.84 Å². The molecule has 7 nitrogen and oxygen atoms in total. The molecule has 0 bridgehead atoms. The van der Waals surface area contributed by atoms with E-state index in [-0.39, 0.29) is 12.5 Å². The molecule has 202 valence electrons. The zero-order valence-electron chi connectivity index (χ0n) is 22.0. The summed E-state index contributed by atoms with van der Waals surface area (Å²) in [7, 11) is 0. The van der Waals surface area contributed by atoms with Crippen molar-refractivity contribution in [3.8, 4) is 0 Å². The highest BCUT2D eigenvalue weighted by molar-refractivity contribution is 5.84. The van der Waals surface area contributed by atoms with Crippen LogP contribution >= 0.6 is 0 Å². The largest absolute Gasteiger partial charge is 0.396 e. The third kappa shape index (κ3) is 6.29. The molecule has 4 atom stereocenters. The molecule has 0 saturated carbocycles. The zero-order valence-corrected chi connectivity index (χ0v) is 22.0. The van der Waals surface area contributed by atoms with Crippen LogP contribution in [0.3, 0.4) is 0 Å². The first kappa shape index (κ1) is 26.8. The van der Waals surface area contributed by atoms with Gasteiger partial charge in [0.1, 0.15) is 12.1 Å². The van der Waals surface area contributed by atoms with Crippen LogP contribution in [-0.4, -0.2) is 57.6 Å².